The van der Waals surface area contributed by atoms with E-state index in [2.05, 4.69) is 9.97 Å². The predicted octanol–water partition coefficient (Wildman–Crippen LogP) is 5.54. The molecule has 7 heteroatoms. The molecule has 0 spiro atoms. The van der Waals surface area contributed by atoms with Crippen molar-refractivity contribution in [2.24, 2.45) is 0 Å². The van der Waals surface area contributed by atoms with Crippen molar-refractivity contribution in [3.63, 3.8) is 0 Å². The van der Waals surface area contributed by atoms with Gasteiger partial charge in [-0.15, -0.1) is 0 Å². The van der Waals surface area contributed by atoms with Crippen LogP contribution >= 0.6 is 34.8 Å². The summed E-state index contributed by atoms with van der Waals surface area (Å²) in [5, 5.41) is 1.01. The molecule has 3 rings (SSSR count). The van der Waals surface area contributed by atoms with Crippen molar-refractivity contribution in [2.45, 2.75) is 0 Å². The fraction of sp³-hybridized carbons (Fsp3) is 0. The van der Waals surface area contributed by atoms with Gasteiger partial charge in [0.15, 0.2) is 5.82 Å². The molecule has 21 heavy (non-hydrogen) atoms. The Hall–Kier alpha value is -1.49. The maximum Gasteiger partial charge on any atom is 0.167 e. The van der Waals surface area contributed by atoms with Crippen LogP contribution < -0.4 is 0 Å². The summed E-state index contributed by atoms with van der Waals surface area (Å²) in [5.74, 6) is -1.74. The van der Waals surface area contributed by atoms with Crippen molar-refractivity contribution in [3.05, 3.63) is 57.2 Å². The number of rotatable bonds is 1. The number of fused-ring (bicyclic) bond motifs is 1. The van der Waals surface area contributed by atoms with Crippen molar-refractivity contribution in [2.75, 3.05) is 0 Å². The van der Waals surface area contributed by atoms with Crippen LogP contribution in [0.4, 0.5) is 8.78 Å². The van der Waals surface area contributed by atoms with Crippen molar-refractivity contribution >= 4 is 45.7 Å². The Kier molecular flexibility index (Phi) is 3.69. The van der Waals surface area contributed by atoms with E-state index in [9.17, 15) is 8.78 Å². The third kappa shape index (κ3) is 2.55. The second-order valence-corrected chi connectivity index (χ2v) is 5.42. The Morgan fingerprint density at radius 3 is 2.24 bits per heavy atom. The first-order valence-electron chi connectivity index (χ1n) is 5.74. The molecule has 106 valence electrons. The van der Waals surface area contributed by atoms with Crippen molar-refractivity contribution < 1.29 is 8.78 Å². The van der Waals surface area contributed by atoms with E-state index in [0.29, 0.717) is 10.4 Å². The molecular weight excluding hydrogens is 341 g/mol. The van der Waals surface area contributed by atoms with E-state index in [0.717, 1.165) is 12.1 Å². The third-order valence-corrected chi connectivity index (χ3v) is 3.65. The molecule has 0 aliphatic rings. The highest BCUT2D eigenvalue weighted by Gasteiger charge is 2.17. The zero-order valence-electron chi connectivity index (χ0n) is 10.2. The second-order valence-electron chi connectivity index (χ2n) is 4.22. The van der Waals surface area contributed by atoms with E-state index in [4.69, 9.17) is 34.8 Å². The molecule has 2 aromatic carbocycles. The van der Waals surface area contributed by atoms with Gasteiger partial charge in [0.2, 0.25) is 0 Å². The van der Waals surface area contributed by atoms with E-state index in [1.807, 2.05) is 0 Å². The summed E-state index contributed by atoms with van der Waals surface area (Å²) >= 11 is 18.0. The molecule has 0 aliphatic heterocycles. The van der Waals surface area contributed by atoms with Gasteiger partial charge in [0.1, 0.15) is 16.8 Å². The summed E-state index contributed by atoms with van der Waals surface area (Å²) in [6, 6.07) is 6.49. The smallest absolute Gasteiger partial charge is 0.167 e. The van der Waals surface area contributed by atoms with Crippen molar-refractivity contribution in [1.82, 2.24) is 9.97 Å². The highest BCUT2D eigenvalue weighted by atomic mass is 35.5. The summed E-state index contributed by atoms with van der Waals surface area (Å²) in [4.78, 5) is 8.03. The molecule has 3 aromatic rings. The van der Waals surface area contributed by atoms with Gasteiger partial charge >= 0.3 is 0 Å². The highest BCUT2D eigenvalue weighted by Crippen LogP contribution is 2.33. The molecule has 0 N–H and O–H groups in total. The minimum Gasteiger partial charge on any atom is -0.226 e. The third-order valence-electron chi connectivity index (χ3n) is 2.86. The van der Waals surface area contributed by atoms with Crippen molar-refractivity contribution in [1.29, 1.82) is 0 Å². The van der Waals surface area contributed by atoms with Crippen LogP contribution in [-0.2, 0) is 0 Å². The fourth-order valence-electron chi connectivity index (χ4n) is 1.94. The lowest BCUT2D eigenvalue weighted by Crippen LogP contribution is -1.97. The predicted molar refractivity (Wildman–Crippen MR) is 79.9 cm³/mol. The van der Waals surface area contributed by atoms with Crippen LogP contribution in [0.5, 0.6) is 0 Å². The Morgan fingerprint density at radius 1 is 0.905 bits per heavy atom. The fourth-order valence-corrected chi connectivity index (χ4v) is 2.70. The molecule has 0 bridgehead atoms. The molecule has 0 radical (unpaired) electrons. The number of hydrogen-bond donors (Lipinski definition) is 0. The lowest BCUT2D eigenvalue weighted by molar-refractivity contribution is 0.587. The standard InChI is InChI=1S/C14H5Cl3F2N2/c15-6-4-7-12(8(16)5-6)20-14(21-13(7)17)11-9(18)2-1-3-10(11)19/h1-5H. The first-order valence-corrected chi connectivity index (χ1v) is 6.87. The van der Waals surface area contributed by atoms with Gasteiger partial charge in [-0.25, -0.2) is 18.7 Å². The maximum atomic E-state index is 13.8. The minimum absolute atomic E-state index is 0.0158. The van der Waals surface area contributed by atoms with Gasteiger partial charge in [-0.1, -0.05) is 40.9 Å². The average Bonchev–Trinajstić information content (AvgIpc) is 2.40. The Morgan fingerprint density at radius 2 is 1.57 bits per heavy atom. The average molecular weight is 346 g/mol. The number of nitrogens with zero attached hydrogens (tertiary/aromatic N) is 2. The van der Waals surface area contributed by atoms with E-state index < -0.39 is 11.6 Å². The molecule has 0 fully saturated rings. The van der Waals surface area contributed by atoms with Crippen LogP contribution in [0.2, 0.25) is 15.2 Å². The zero-order chi connectivity index (χ0) is 15.1. The number of aromatic nitrogens is 2. The molecule has 0 amide bonds. The van der Waals surface area contributed by atoms with Gasteiger partial charge < -0.3 is 0 Å². The molecule has 2 nitrogen and oxygen atoms in total. The minimum atomic E-state index is -0.782. The van der Waals surface area contributed by atoms with Crippen LogP contribution in [0.15, 0.2) is 30.3 Å². The molecule has 1 heterocycles. The van der Waals surface area contributed by atoms with E-state index in [-0.39, 0.29) is 27.1 Å². The number of hydrogen-bond acceptors (Lipinski definition) is 2. The molecule has 0 atom stereocenters. The Labute approximate surface area is 133 Å². The molecule has 0 unspecified atom stereocenters. The molecule has 0 saturated heterocycles. The van der Waals surface area contributed by atoms with E-state index in [1.165, 1.54) is 18.2 Å². The topological polar surface area (TPSA) is 25.8 Å². The van der Waals surface area contributed by atoms with E-state index in [1.54, 1.807) is 0 Å². The van der Waals surface area contributed by atoms with Crippen LogP contribution in [0, 0.1) is 11.6 Å². The lowest BCUT2D eigenvalue weighted by atomic mass is 10.1. The Balaban J connectivity index is 2.36. The summed E-state index contributed by atoms with van der Waals surface area (Å²) < 4.78 is 27.6. The second kappa shape index (κ2) is 5.37. The zero-order valence-corrected chi connectivity index (χ0v) is 12.4. The van der Waals surface area contributed by atoms with Crippen LogP contribution in [0.25, 0.3) is 22.3 Å². The number of benzene rings is 2. The molecule has 1 aromatic heterocycles. The SMILES string of the molecule is Fc1cccc(F)c1-c1nc(Cl)c2cc(Cl)cc(Cl)c2n1. The van der Waals surface area contributed by atoms with E-state index >= 15 is 0 Å². The van der Waals surface area contributed by atoms with Gasteiger partial charge in [-0.05, 0) is 24.3 Å². The van der Waals surface area contributed by atoms with Crippen molar-refractivity contribution in [3.8, 4) is 11.4 Å². The summed E-state index contributed by atoms with van der Waals surface area (Å²) in [7, 11) is 0. The highest BCUT2D eigenvalue weighted by molar-refractivity contribution is 6.41. The van der Waals surface area contributed by atoms with Gasteiger partial charge in [-0.2, -0.15) is 0 Å². The van der Waals surface area contributed by atoms with Gasteiger partial charge in [0.05, 0.1) is 16.1 Å². The lowest BCUT2D eigenvalue weighted by Gasteiger charge is -2.08. The van der Waals surface area contributed by atoms with Gasteiger partial charge in [0.25, 0.3) is 0 Å². The Bertz CT molecular complexity index is 848. The normalized spacial score (nSPS) is 11.1. The van der Waals surface area contributed by atoms with Gasteiger partial charge in [0, 0.05) is 10.4 Å². The molecule has 0 aliphatic carbocycles. The first-order chi connectivity index (χ1) is 9.97. The monoisotopic (exact) mass is 344 g/mol. The summed E-state index contributed by atoms with van der Waals surface area (Å²) in [6.45, 7) is 0. The first kappa shape index (κ1) is 14.4. The van der Waals surface area contributed by atoms with Crippen LogP contribution in [-0.4, -0.2) is 9.97 Å². The number of halogens is 5. The maximum absolute atomic E-state index is 13.8. The molecular formula is C14H5Cl3F2N2. The quantitative estimate of drug-likeness (QED) is 0.542. The largest absolute Gasteiger partial charge is 0.226 e. The summed E-state index contributed by atoms with van der Waals surface area (Å²) in [6.07, 6.45) is 0. The van der Waals surface area contributed by atoms with Gasteiger partial charge in [-0.3, -0.25) is 0 Å². The van der Waals surface area contributed by atoms with Crippen LogP contribution in [0.1, 0.15) is 0 Å². The summed E-state index contributed by atoms with van der Waals surface area (Å²) in [5.41, 5.74) is -0.0777. The molecule has 0 saturated carbocycles. The van der Waals surface area contributed by atoms with Crippen LogP contribution in [0.3, 0.4) is 0 Å².